The van der Waals surface area contributed by atoms with Gasteiger partial charge in [-0.25, -0.2) is 0 Å². The molecule has 3 N–H and O–H groups in total. The van der Waals surface area contributed by atoms with Gasteiger partial charge in [-0.3, -0.25) is 4.99 Å². The first-order chi connectivity index (χ1) is 9.61. The average Bonchev–Trinajstić information content (AvgIpc) is 3.10. The van der Waals surface area contributed by atoms with Crippen LogP contribution >= 0.6 is 11.8 Å². The lowest BCUT2D eigenvalue weighted by molar-refractivity contribution is -0.176. The number of ether oxygens (including phenoxy) is 1. The van der Waals surface area contributed by atoms with Crippen LogP contribution < -0.4 is 0 Å². The molecular weight excluding hydrogens is 280 g/mol. The molecule has 20 heavy (non-hydrogen) atoms. The van der Waals surface area contributed by atoms with Crippen LogP contribution in [0.25, 0.3) is 0 Å². The number of hydrogen-bond acceptors (Lipinski definition) is 7. The second-order valence-corrected chi connectivity index (χ2v) is 6.46. The van der Waals surface area contributed by atoms with Crippen LogP contribution in [-0.2, 0) is 4.74 Å². The lowest BCUT2D eigenvalue weighted by Gasteiger charge is -2.39. The number of likely N-dealkylation sites (tertiary alicyclic amines) is 1. The van der Waals surface area contributed by atoms with E-state index in [0.29, 0.717) is 0 Å². The van der Waals surface area contributed by atoms with E-state index in [1.54, 1.807) is 0 Å². The zero-order valence-corrected chi connectivity index (χ0v) is 11.9. The van der Waals surface area contributed by atoms with Crippen LogP contribution in [0.1, 0.15) is 12.8 Å². The van der Waals surface area contributed by atoms with Gasteiger partial charge in [-0.2, -0.15) is 0 Å². The van der Waals surface area contributed by atoms with E-state index in [2.05, 4.69) is 16.5 Å². The number of nitrogens with zero attached hydrogens (tertiary/aromatic N) is 2. The third-order valence-corrected chi connectivity index (χ3v) is 5.24. The molecule has 3 rings (SSSR count). The molecule has 6 nitrogen and oxygen atoms in total. The second kappa shape index (κ2) is 5.65. The summed E-state index contributed by atoms with van der Waals surface area (Å²) in [6.07, 6.45) is -0.436. The summed E-state index contributed by atoms with van der Waals surface area (Å²) in [6, 6.07) is -0.473. The Morgan fingerprint density at radius 3 is 2.70 bits per heavy atom. The van der Waals surface area contributed by atoms with E-state index in [1.165, 1.54) is 17.8 Å². The molecule has 112 valence electrons. The van der Waals surface area contributed by atoms with Crippen LogP contribution in [0.2, 0.25) is 0 Å². The molecule has 3 heterocycles. The molecule has 0 aromatic carbocycles. The lowest BCUT2D eigenvalue weighted by Crippen LogP contribution is -2.57. The summed E-state index contributed by atoms with van der Waals surface area (Å²) >= 11 is 1.47. The van der Waals surface area contributed by atoms with Crippen LogP contribution in [0, 0.1) is 0 Å². The van der Waals surface area contributed by atoms with Gasteiger partial charge in [0, 0.05) is 13.1 Å². The smallest absolute Gasteiger partial charge is 0.162 e. The Kier molecular flexibility index (Phi) is 4.05. The Morgan fingerprint density at radius 2 is 2.05 bits per heavy atom. The number of amidine groups is 1. The lowest BCUT2D eigenvalue weighted by atomic mass is 9.95. The zero-order valence-electron chi connectivity index (χ0n) is 11.1. The topological polar surface area (TPSA) is 85.5 Å². The van der Waals surface area contributed by atoms with Crippen molar-refractivity contribution in [2.75, 3.05) is 13.1 Å². The summed E-state index contributed by atoms with van der Waals surface area (Å²) in [7, 11) is 0. The van der Waals surface area contributed by atoms with Gasteiger partial charge in [0.15, 0.2) is 5.17 Å². The first-order valence-corrected chi connectivity index (χ1v) is 7.81. The van der Waals surface area contributed by atoms with Crippen LogP contribution in [0.15, 0.2) is 17.6 Å². The van der Waals surface area contributed by atoms with Crippen molar-refractivity contribution >= 4 is 16.9 Å². The van der Waals surface area contributed by atoms with Crippen molar-refractivity contribution in [2.45, 2.75) is 48.7 Å². The van der Waals surface area contributed by atoms with Crippen LogP contribution in [0.4, 0.5) is 0 Å². The predicted molar refractivity (Wildman–Crippen MR) is 76.5 cm³/mol. The van der Waals surface area contributed by atoms with Gasteiger partial charge in [0.05, 0.1) is 0 Å². The third kappa shape index (κ3) is 2.37. The number of thioether (sulfide) groups is 1. The third-order valence-electron chi connectivity index (χ3n) is 4.04. The summed E-state index contributed by atoms with van der Waals surface area (Å²) in [6.45, 7) is 5.44. The fourth-order valence-electron chi connectivity index (χ4n) is 2.85. The van der Waals surface area contributed by atoms with Crippen molar-refractivity contribution in [1.82, 2.24) is 4.90 Å². The molecule has 0 aromatic heterocycles. The highest BCUT2D eigenvalue weighted by molar-refractivity contribution is 8.14. The molecule has 2 saturated heterocycles. The fraction of sp³-hybridized carbons (Fsp3) is 0.769. The molecule has 0 spiro atoms. The van der Waals surface area contributed by atoms with Gasteiger partial charge in [-0.05, 0) is 12.8 Å². The minimum absolute atomic E-state index is 0.358. The summed E-state index contributed by atoms with van der Waals surface area (Å²) in [5.41, 5.74) is -0.358. The molecule has 3 aliphatic heterocycles. The molecule has 2 fully saturated rings. The maximum absolute atomic E-state index is 10.2. The van der Waals surface area contributed by atoms with Gasteiger partial charge in [0.25, 0.3) is 0 Å². The molecule has 0 saturated carbocycles. The van der Waals surface area contributed by atoms with E-state index in [9.17, 15) is 15.3 Å². The fourth-order valence-corrected chi connectivity index (χ4v) is 4.12. The maximum atomic E-state index is 10.2. The van der Waals surface area contributed by atoms with E-state index >= 15 is 0 Å². The summed E-state index contributed by atoms with van der Waals surface area (Å²) < 4.78 is 5.73. The van der Waals surface area contributed by atoms with Crippen LogP contribution in [0.5, 0.6) is 0 Å². The highest BCUT2D eigenvalue weighted by atomic mass is 32.2. The van der Waals surface area contributed by atoms with Gasteiger partial charge in [-0.1, -0.05) is 17.8 Å². The van der Waals surface area contributed by atoms with E-state index < -0.39 is 30.5 Å². The summed E-state index contributed by atoms with van der Waals surface area (Å²) in [5.74, 6) is 0. The van der Waals surface area contributed by atoms with Crippen molar-refractivity contribution in [3.63, 3.8) is 0 Å². The average molecular weight is 300 g/mol. The van der Waals surface area contributed by atoms with Gasteiger partial charge in [0.2, 0.25) is 0 Å². The molecule has 3 aliphatic rings. The minimum Gasteiger partial charge on any atom is -0.388 e. The normalized spacial score (nSPS) is 42.2. The van der Waals surface area contributed by atoms with Gasteiger partial charge in [0.1, 0.15) is 35.9 Å². The SMILES string of the molecule is C=C[C@H](O)C1O[C@@H]2SC(N3CCCC3)=N[C@@H]2[C@@H](O)[C@@H]1O. The highest BCUT2D eigenvalue weighted by Gasteiger charge is 2.50. The Bertz CT molecular complexity index is 413. The maximum Gasteiger partial charge on any atom is 0.162 e. The second-order valence-electron chi connectivity index (χ2n) is 5.39. The summed E-state index contributed by atoms with van der Waals surface area (Å²) in [5, 5.41) is 30.9. The molecule has 0 radical (unpaired) electrons. The van der Waals surface area contributed by atoms with E-state index in [0.717, 1.165) is 31.1 Å². The van der Waals surface area contributed by atoms with Crippen molar-refractivity contribution in [3.8, 4) is 0 Å². The molecule has 7 heteroatoms. The zero-order chi connectivity index (χ0) is 14.3. The van der Waals surface area contributed by atoms with Crippen LogP contribution in [0.3, 0.4) is 0 Å². The monoisotopic (exact) mass is 300 g/mol. The molecule has 0 aliphatic carbocycles. The number of fused-ring (bicyclic) bond motifs is 1. The standard InChI is InChI=1S/C13H20N2O4S/c1-2-7(16)11-10(18)9(17)8-12(19-11)20-13(14-8)15-5-3-4-6-15/h2,7-12,16-18H,1,3-6H2/t7-,8+,9+,10-,11?,12+/m0/s1. The number of rotatable bonds is 2. The predicted octanol–water partition coefficient (Wildman–Crippen LogP) is -0.453. The van der Waals surface area contributed by atoms with Gasteiger partial charge in [-0.15, -0.1) is 6.58 Å². The Labute approximate surface area is 122 Å². The Hall–Kier alpha value is -0.600. The Morgan fingerprint density at radius 1 is 1.35 bits per heavy atom. The first kappa shape index (κ1) is 14.3. The number of aliphatic imine (C=N–C) groups is 1. The van der Waals surface area contributed by atoms with E-state index in [4.69, 9.17) is 4.74 Å². The summed E-state index contributed by atoms with van der Waals surface area (Å²) in [4.78, 5) is 6.69. The largest absolute Gasteiger partial charge is 0.388 e. The molecule has 1 unspecified atom stereocenters. The molecule has 0 amide bonds. The molecule has 0 bridgehead atoms. The number of aliphatic hydroxyl groups is 3. The van der Waals surface area contributed by atoms with Crippen molar-refractivity contribution in [3.05, 3.63) is 12.7 Å². The van der Waals surface area contributed by atoms with Gasteiger partial charge >= 0.3 is 0 Å². The minimum atomic E-state index is -1.16. The quantitative estimate of drug-likeness (QED) is 0.599. The van der Waals surface area contributed by atoms with Crippen molar-refractivity contribution < 1.29 is 20.1 Å². The van der Waals surface area contributed by atoms with Gasteiger partial charge < -0.3 is 25.0 Å². The van der Waals surface area contributed by atoms with Crippen LogP contribution in [-0.4, -0.2) is 74.4 Å². The number of hydrogen-bond donors (Lipinski definition) is 3. The molecule has 6 atom stereocenters. The van der Waals surface area contributed by atoms with Crippen molar-refractivity contribution in [2.24, 2.45) is 4.99 Å². The molecular formula is C13H20N2O4S. The Balaban J connectivity index is 1.74. The van der Waals surface area contributed by atoms with Crippen molar-refractivity contribution in [1.29, 1.82) is 0 Å². The number of aliphatic hydroxyl groups excluding tert-OH is 3. The van der Waals surface area contributed by atoms with E-state index in [-0.39, 0.29) is 5.44 Å². The first-order valence-electron chi connectivity index (χ1n) is 6.93. The highest BCUT2D eigenvalue weighted by Crippen LogP contribution is 2.38. The molecule has 0 aromatic rings. The van der Waals surface area contributed by atoms with E-state index in [1.807, 2.05) is 0 Å².